The number of benzene rings is 1. The SMILES string of the molecule is C[C@@H](NCCCc1cccc(CN2CC(=O)NC2=O)n1)c1ccc(F)c(OCC2CC2)c1. The number of nitrogens with zero attached hydrogens (tertiary/aromatic N) is 2. The van der Waals surface area contributed by atoms with Crippen molar-refractivity contribution in [2.75, 3.05) is 19.7 Å². The van der Waals surface area contributed by atoms with Gasteiger partial charge in [0.1, 0.15) is 6.54 Å². The maximum Gasteiger partial charge on any atom is 0.324 e. The monoisotopic (exact) mass is 440 g/mol. The summed E-state index contributed by atoms with van der Waals surface area (Å²) in [4.78, 5) is 29.1. The minimum atomic E-state index is -0.373. The molecule has 1 aromatic carbocycles. The van der Waals surface area contributed by atoms with Gasteiger partial charge >= 0.3 is 6.03 Å². The fourth-order valence-corrected chi connectivity index (χ4v) is 3.66. The number of carbonyl (C=O) groups excluding carboxylic acids is 2. The summed E-state index contributed by atoms with van der Waals surface area (Å²) >= 11 is 0. The lowest BCUT2D eigenvalue weighted by atomic mass is 10.1. The standard InChI is InChI=1S/C24H29FN4O3/c1-16(18-9-10-21(25)22(12-18)32-15-17-7-8-17)26-11-3-6-19-4-2-5-20(27-19)13-29-14-23(30)28-24(29)31/h2,4-5,9-10,12,16-17,26H,3,6-8,11,13-15H2,1H3,(H,28,30,31)/t16-/m1/s1. The lowest BCUT2D eigenvalue weighted by molar-refractivity contribution is -0.118. The predicted molar refractivity (Wildman–Crippen MR) is 118 cm³/mol. The van der Waals surface area contributed by atoms with Gasteiger partial charge in [-0.25, -0.2) is 9.18 Å². The molecule has 2 N–H and O–H groups in total. The molecule has 2 aromatic rings. The maximum absolute atomic E-state index is 14.0. The number of amides is 3. The van der Waals surface area contributed by atoms with Crippen LogP contribution in [0.15, 0.2) is 36.4 Å². The Bertz CT molecular complexity index is 979. The number of aromatic nitrogens is 1. The zero-order valence-corrected chi connectivity index (χ0v) is 18.3. The Labute approximate surface area is 187 Å². The summed E-state index contributed by atoms with van der Waals surface area (Å²) < 4.78 is 19.7. The van der Waals surface area contributed by atoms with Crippen molar-refractivity contribution in [3.63, 3.8) is 0 Å². The Kier molecular flexibility index (Phi) is 6.99. The summed E-state index contributed by atoms with van der Waals surface area (Å²) in [6.07, 6.45) is 4.02. The van der Waals surface area contributed by atoms with Crippen LogP contribution in [0.4, 0.5) is 9.18 Å². The van der Waals surface area contributed by atoms with Gasteiger partial charge in [-0.15, -0.1) is 0 Å². The molecule has 8 heteroatoms. The van der Waals surface area contributed by atoms with Gasteiger partial charge in [0, 0.05) is 11.7 Å². The fraction of sp³-hybridized carbons (Fsp3) is 0.458. The Hall–Kier alpha value is -3.00. The molecule has 32 heavy (non-hydrogen) atoms. The molecule has 170 valence electrons. The van der Waals surface area contributed by atoms with Crippen molar-refractivity contribution in [3.8, 4) is 5.75 Å². The summed E-state index contributed by atoms with van der Waals surface area (Å²) in [6.45, 7) is 3.82. The number of aryl methyl sites for hydroxylation is 1. The van der Waals surface area contributed by atoms with Crippen molar-refractivity contribution < 1.29 is 18.7 Å². The normalized spacial score (nSPS) is 16.9. The minimum Gasteiger partial charge on any atom is -0.490 e. The number of halogens is 1. The lowest BCUT2D eigenvalue weighted by Gasteiger charge is -2.16. The Balaban J connectivity index is 1.23. The average Bonchev–Trinajstić information content (AvgIpc) is 3.55. The van der Waals surface area contributed by atoms with E-state index in [4.69, 9.17) is 4.74 Å². The van der Waals surface area contributed by atoms with Crippen LogP contribution in [0, 0.1) is 11.7 Å². The first-order chi connectivity index (χ1) is 15.5. The Morgan fingerprint density at radius 1 is 1.25 bits per heavy atom. The molecule has 1 saturated heterocycles. The van der Waals surface area contributed by atoms with Crippen molar-refractivity contribution in [1.29, 1.82) is 0 Å². The number of pyridine rings is 1. The third-order valence-electron chi connectivity index (χ3n) is 5.77. The smallest absolute Gasteiger partial charge is 0.324 e. The van der Waals surface area contributed by atoms with E-state index in [0.717, 1.165) is 36.3 Å². The van der Waals surface area contributed by atoms with E-state index in [-0.39, 0.29) is 30.3 Å². The first-order valence-corrected chi connectivity index (χ1v) is 11.2. The molecule has 2 aliphatic rings. The molecule has 1 atom stereocenters. The highest BCUT2D eigenvalue weighted by Crippen LogP contribution is 2.31. The summed E-state index contributed by atoms with van der Waals surface area (Å²) in [6, 6.07) is 10.5. The summed E-state index contributed by atoms with van der Waals surface area (Å²) in [5.74, 6) is 0.311. The molecule has 2 heterocycles. The molecule has 0 bridgehead atoms. The number of carbonyl (C=O) groups is 2. The van der Waals surface area contributed by atoms with Gasteiger partial charge in [0.2, 0.25) is 5.91 Å². The zero-order chi connectivity index (χ0) is 22.5. The van der Waals surface area contributed by atoms with Gasteiger partial charge in [0.05, 0.1) is 18.8 Å². The van der Waals surface area contributed by atoms with E-state index >= 15 is 0 Å². The van der Waals surface area contributed by atoms with E-state index in [2.05, 4.69) is 22.5 Å². The second-order valence-electron chi connectivity index (χ2n) is 8.55. The third-order valence-corrected chi connectivity index (χ3v) is 5.77. The molecule has 2 fully saturated rings. The van der Waals surface area contributed by atoms with Gasteiger partial charge in [-0.2, -0.15) is 0 Å². The van der Waals surface area contributed by atoms with Crippen molar-refractivity contribution in [2.45, 2.75) is 45.2 Å². The van der Waals surface area contributed by atoms with Crippen LogP contribution >= 0.6 is 0 Å². The van der Waals surface area contributed by atoms with Gasteiger partial charge in [0.25, 0.3) is 0 Å². The molecule has 1 aliphatic heterocycles. The van der Waals surface area contributed by atoms with Crippen LogP contribution in [0.3, 0.4) is 0 Å². The van der Waals surface area contributed by atoms with Gasteiger partial charge in [-0.1, -0.05) is 12.1 Å². The average molecular weight is 441 g/mol. The van der Waals surface area contributed by atoms with Gasteiger partial charge in [-0.3, -0.25) is 15.1 Å². The number of ether oxygens (including phenoxy) is 1. The molecule has 0 radical (unpaired) electrons. The quantitative estimate of drug-likeness (QED) is 0.414. The summed E-state index contributed by atoms with van der Waals surface area (Å²) in [5.41, 5.74) is 2.70. The second-order valence-corrected chi connectivity index (χ2v) is 8.55. The summed E-state index contributed by atoms with van der Waals surface area (Å²) in [5, 5.41) is 5.74. The third kappa shape index (κ3) is 6.03. The lowest BCUT2D eigenvalue weighted by Crippen LogP contribution is -2.28. The van der Waals surface area contributed by atoms with Crippen LogP contribution in [0.5, 0.6) is 5.75 Å². The first kappa shape index (κ1) is 22.2. The van der Waals surface area contributed by atoms with E-state index in [9.17, 15) is 14.0 Å². The maximum atomic E-state index is 14.0. The Morgan fingerprint density at radius 2 is 2.06 bits per heavy atom. The topological polar surface area (TPSA) is 83.6 Å². The molecule has 7 nitrogen and oxygen atoms in total. The van der Waals surface area contributed by atoms with Crippen LogP contribution in [0.1, 0.15) is 49.2 Å². The number of hydrogen-bond acceptors (Lipinski definition) is 5. The molecule has 3 amide bonds. The fourth-order valence-electron chi connectivity index (χ4n) is 3.66. The van der Waals surface area contributed by atoms with Crippen molar-refractivity contribution in [3.05, 3.63) is 59.2 Å². The largest absolute Gasteiger partial charge is 0.490 e. The van der Waals surface area contributed by atoms with Gasteiger partial charge in [-0.05, 0) is 74.9 Å². The number of urea groups is 1. The molecule has 1 saturated carbocycles. The first-order valence-electron chi connectivity index (χ1n) is 11.2. The van der Waals surface area contributed by atoms with Crippen LogP contribution in [-0.2, 0) is 17.8 Å². The number of hydrogen-bond donors (Lipinski definition) is 2. The van der Waals surface area contributed by atoms with E-state index in [0.29, 0.717) is 24.8 Å². The van der Waals surface area contributed by atoms with E-state index in [1.165, 1.54) is 23.8 Å². The zero-order valence-electron chi connectivity index (χ0n) is 18.3. The van der Waals surface area contributed by atoms with E-state index < -0.39 is 0 Å². The van der Waals surface area contributed by atoms with Crippen LogP contribution in [-0.4, -0.2) is 41.5 Å². The van der Waals surface area contributed by atoms with Crippen molar-refractivity contribution in [2.24, 2.45) is 5.92 Å². The molecular weight excluding hydrogens is 411 g/mol. The Morgan fingerprint density at radius 3 is 2.81 bits per heavy atom. The highest BCUT2D eigenvalue weighted by molar-refractivity contribution is 6.01. The van der Waals surface area contributed by atoms with Crippen LogP contribution in [0.25, 0.3) is 0 Å². The highest BCUT2D eigenvalue weighted by atomic mass is 19.1. The highest BCUT2D eigenvalue weighted by Gasteiger charge is 2.26. The van der Waals surface area contributed by atoms with Crippen molar-refractivity contribution >= 4 is 11.9 Å². The predicted octanol–water partition coefficient (Wildman–Crippen LogP) is 3.34. The second kappa shape index (κ2) is 10.1. The molecule has 0 spiro atoms. The van der Waals surface area contributed by atoms with Crippen LogP contribution in [0.2, 0.25) is 0 Å². The number of imide groups is 1. The minimum absolute atomic E-state index is 0.0727. The van der Waals surface area contributed by atoms with Crippen LogP contribution < -0.4 is 15.4 Å². The van der Waals surface area contributed by atoms with E-state index in [1.54, 1.807) is 12.1 Å². The number of rotatable bonds is 11. The molecule has 1 aliphatic carbocycles. The summed E-state index contributed by atoms with van der Waals surface area (Å²) in [7, 11) is 0. The van der Waals surface area contributed by atoms with E-state index in [1.807, 2.05) is 18.2 Å². The van der Waals surface area contributed by atoms with Crippen molar-refractivity contribution in [1.82, 2.24) is 20.5 Å². The molecular formula is C24H29FN4O3. The molecule has 4 rings (SSSR count). The van der Waals surface area contributed by atoms with Gasteiger partial charge < -0.3 is 15.0 Å². The molecule has 1 aromatic heterocycles. The van der Waals surface area contributed by atoms with Gasteiger partial charge in [0.15, 0.2) is 11.6 Å². The molecule has 0 unspecified atom stereocenters. The number of nitrogens with one attached hydrogen (secondary N) is 2.